The number of rotatable bonds is 7. The van der Waals surface area contributed by atoms with Crippen LogP contribution in [-0.4, -0.2) is 18.0 Å². The Bertz CT molecular complexity index is 1350. The molecule has 0 aliphatic rings. The number of hydrogen-bond donors (Lipinski definition) is 2. The molecule has 0 saturated heterocycles. The molecular weight excluding hydrogens is 432 g/mol. The first-order chi connectivity index (χ1) is 16.5. The molecule has 0 bridgehead atoms. The van der Waals surface area contributed by atoms with E-state index in [0.717, 1.165) is 22.1 Å². The van der Waals surface area contributed by atoms with E-state index in [1.54, 1.807) is 18.2 Å². The maximum atomic E-state index is 13.1. The van der Waals surface area contributed by atoms with Crippen molar-refractivity contribution >= 4 is 28.7 Å². The number of nitrogens with one attached hydrogen (secondary N) is 2. The average Bonchev–Trinajstić information content (AvgIpc) is 2.83. The Morgan fingerprint density at radius 1 is 0.912 bits per heavy atom. The number of carbonyl (C=O) groups is 2. The lowest BCUT2D eigenvalue weighted by Gasteiger charge is -2.19. The third kappa shape index (κ3) is 5.89. The van der Waals surface area contributed by atoms with Gasteiger partial charge in [0.05, 0.1) is 0 Å². The van der Waals surface area contributed by atoms with E-state index < -0.39 is 23.7 Å². The Balaban J connectivity index is 1.49. The second-order valence-corrected chi connectivity index (χ2v) is 7.90. The Labute approximate surface area is 196 Å². The zero-order valence-corrected chi connectivity index (χ0v) is 18.6. The van der Waals surface area contributed by atoms with Gasteiger partial charge in [0.25, 0.3) is 0 Å². The largest absolute Gasteiger partial charge is 0.445 e. The van der Waals surface area contributed by atoms with Gasteiger partial charge in [-0.3, -0.25) is 4.79 Å². The maximum absolute atomic E-state index is 13.1. The van der Waals surface area contributed by atoms with Crippen LogP contribution in [0.4, 0.5) is 10.5 Å². The molecule has 0 aliphatic carbocycles. The van der Waals surface area contributed by atoms with E-state index in [1.807, 2.05) is 67.6 Å². The summed E-state index contributed by atoms with van der Waals surface area (Å²) < 4.78 is 10.6. The maximum Gasteiger partial charge on any atom is 0.408 e. The summed E-state index contributed by atoms with van der Waals surface area (Å²) in [5.41, 5.74) is 2.87. The molecule has 4 rings (SSSR count). The fourth-order valence-electron chi connectivity index (χ4n) is 3.60. The van der Waals surface area contributed by atoms with Gasteiger partial charge >= 0.3 is 11.7 Å². The van der Waals surface area contributed by atoms with Crippen LogP contribution in [-0.2, 0) is 22.6 Å². The molecule has 4 aromatic rings. The molecule has 1 heterocycles. The third-order valence-electron chi connectivity index (χ3n) is 5.32. The zero-order valence-electron chi connectivity index (χ0n) is 18.6. The number of alkyl carbamates (subject to hydrolysis) is 1. The number of ether oxygens (including phenoxy) is 1. The summed E-state index contributed by atoms with van der Waals surface area (Å²) in [6.07, 6.45) is -0.422. The van der Waals surface area contributed by atoms with Crippen molar-refractivity contribution in [1.29, 1.82) is 0 Å². The highest BCUT2D eigenvalue weighted by atomic mass is 16.5. The van der Waals surface area contributed by atoms with E-state index in [9.17, 15) is 14.4 Å². The van der Waals surface area contributed by atoms with E-state index in [1.165, 1.54) is 6.07 Å². The van der Waals surface area contributed by atoms with Gasteiger partial charge in [-0.05, 0) is 35.7 Å². The number of carbonyl (C=O) groups excluding carboxylic acids is 2. The topological polar surface area (TPSA) is 97.6 Å². The molecular formula is C27H24N2O5. The van der Waals surface area contributed by atoms with Crippen LogP contribution in [0.1, 0.15) is 16.7 Å². The lowest BCUT2D eigenvalue weighted by Crippen LogP contribution is -2.45. The molecule has 7 nitrogen and oxygen atoms in total. The number of benzene rings is 3. The van der Waals surface area contributed by atoms with Gasteiger partial charge in [0, 0.05) is 29.6 Å². The van der Waals surface area contributed by atoms with Gasteiger partial charge < -0.3 is 19.8 Å². The summed E-state index contributed by atoms with van der Waals surface area (Å²) in [6.45, 7) is 1.91. The first-order valence-corrected chi connectivity index (χ1v) is 10.8. The number of fused-ring (bicyclic) bond motifs is 1. The number of hydrogen-bond acceptors (Lipinski definition) is 5. The minimum absolute atomic E-state index is 0.0927. The van der Waals surface area contributed by atoms with Crippen molar-refractivity contribution < 1.29 is 18.7 Å². The molecule has 0 unspecified atom stereocenters. The molecule has 0 aliphatic heterocycles. The van der Waals surface area contributed by atoms with E-state index >= 15 is 0 Å². The molecule has 3 aromatic carbocycles. The van der Waals surface area contributed by atoms with Gasteiger partial charge in [-0.25, -0.2) is 9.59 Å². The Morgan fingerprint density at radius 2 is 1.59 bits per heavy atom. The third-order valence-corrected chi connectivity index (χ3v) is 5.32. The predicted octanol–water partition coefficient (Wildman–Crippen LogP) is 4.58. The van der Waals surface area contributed by atoms with Crippen molar-refractivity contribution in [1.82, 2.24) is 5.32 Å². The Kier molecular flexibility index (Phi) is 7.03. The first kappa shape index (κ1) is 22.8. The van der Waals surface area contributed by atoms with Gasteiger partial charge in [0.15, 0.2) is 0 Å². The van der Waals surface area contributed by atoms with Gasteiger partial charge in [-0.15, -0.1) is 0 Å². The van der Waals surface area contributed by atoms with Crippen LogP contribution >= 0.6 is 0 Å². The fourth-order valence-corrected chi connectivity index (χ4v) is 3.60. The smallest absolute Gasteiger partial charge is 0.408 e. The molecule has 1 aromatic heterocycles. The zero-order chi connectivity index (χ0) is 23.9. The first-order valence-electron chi connectivity index (χ1n) is 10.8. The molecule has 1 atom stereocenters. The van der Waals surface area contributed by atoms with E-state index in [0.29, 0.717) is 11.3 Å². The van der Waals surface area contributed by atoms with Crippen LogP contribution in [0.25, 0.3) is 11.0 Å². The van der Waals surface area contributed by atoms with Crippen LogP contribution in [0.2, 0.25) is 0 Å². The Hall–Kier alpha value is -4.39. The van der Waals surface area contributed by atoms with E-state index in [-0.39, 0.29) is 13.0 Å². The number of anilines is 1. The fraction of sp³-hybridized carbons (Fsp3) is 0.148. The molecule has 0 spiro atoms. The van der Waals surface area contributed by atoms with Gasteiger partial charge in [0.1, 0.15) is 18.2 Å². The molecule has 172 valence electrons. The lowest BCUT2D eigenvalue weighted by molar-refractivity contribution is -0.118. The summed E-state index contributed by atoms with van der Waals surface area (Å²) >= 11 is 0. The highest BCUT2D eigenvalue weighted by Crippen LogP contribution is 2.21. The summed E-state index contributed by atoms with van der Waals surface area (Å²) in [5.74, 6) is -0.421. The molecule has 34 heavy (non-hydrogen) atoms. The van der Waals surface area contributed by atoms with Crippen molar-refractivity contribution in [2.75, 3.05) is 5.32 Å². The quantitative estimate of drug-likeness (QED) is 0.397. The summed E-state index contributed by atoms with van der Waals surface area (Å²) in [7, 11) is 0. The summed E-state index contributed by atoms with van der Waals surface area (Å²) in [6, 6.07) is 24.3. The molecule has 0 radical (unpaired) electrons. The number of amides is 2. The highest BCUT2D eigenvalue weighted by Gasteiger charge is 2.22. The van der Waals surface area contributed by atoms with Crippen LogP contribution in [0.5, 0.6) is 0 Å². The average molecular weight is 456 g/mol. The minimum atomic E-state index is -0.883. The molecule has 7 heteroatoms. The second-order valence-electron chi connectivity index (χ2n) is 7.90. The molecule has 0 fully saturated rings. The molecule has 2 amide bonds. The lowest BCUT2D eigenvalue weighted by atomic mass is 10.1. The van der Waals surface area contributed by atoms with Crippen LogP contribution < -0.4 is 16.3 Å². The Morgan fingerprint density at radius 3 is 2.29 bits per heavy atom. The van der Waals surface area contributed by atoms with Gasteiger partial charge in [-0.1, -0.05) is 60.7 Å². The van der Waals surface area contributed by atoms with E-state index in [4.69, 9.17) is 9.15 Å². The van der Waals surface area contributed by atoms with Crippen LogP contribution in [0.3, 0.4) is 0 Å². The van der Waals surface area contributed by atoms with Crippen molar-refractivity contribution in [2.45, 2.75) is 26.0 Å². The highest BCUT2D eigenvalue weighted by molar-refractivity contribution is 5.98. The van der Waals surface area contributed by atoms with Crippen LogP contribution in [0, 0.1) is 6.92 Å². The normalized spacial score (nSPS) is 11.6. The van der Waals surface area contributed by atoms with Crippen LogP contribution in [0.15, 0.2) is 94.1 Å². The molecule has 2 N–H and O–H groups in total. The van der Waals surface area contributed by atoms with Crippen molar-refractivity contribution in [2.24, 2.45) is 0 Å². The van der Waals surface area contributed by atoms with Crippen molar-refractivity contribution in [3.63, 3.8) is 0 Å². The monoisotopic (exact) mass is 456 g/mol. The number of aryl methyl sites for hydroxylation is 1. The van der Waals surface area contributed by atoms with E-state index in [2.05, 4.69) is 10.6 Å². The summed E-state index contributed by atoms with van der Waals surface area (Å²) in [5, 5.41) is 6.24. The van der Waals surface area contributed by atoms with Crippen molar-refractivity contribution in [3.8, 4) is 0 Å². The predicted molar refractivity (Wildman–Crippen MR) is 130 cm³/mol. The van der Waals surface area contributed by atoms with Gasteiger partial charge in [-0.2, -0.15) is 0 Å². The standard InChI is InChI=1S/C27H24N2O5/c1-18-14-25(30)34-24-16-21(12-13-22(18)24)28-26(31)23(15-19-8-4-2-5-9-19)29-27(32)33-17-20-10-6-3-7-11-20/h2-14,16,23H,15,17H2,1H3,(H,28,31)(H,29,32)/t23-/m0/s1. The summed E-state index contributed by atoms with van der Waals surface area (Å²) in [4.78, 5) is 37.3. The van der Waals surface area contributed by atoms with Gasteiger partial charge in [0.2, 0.25) is 5.91 Å². The second kappa shape index (κ2) is 10.5. The SMILES string of the molecule is Cc1cc(=O)oc2cc(NC(=O)[C@H](Cc3ccccc3)NC(=O)OCc3ccccc3)ccc12. The minimum Gasteiger partial charge on any atom is -0.445 e. The van der Waals surface area contributed by atoms with Crippen molar-refractivity contribution in [3.05, 3.63) is 112 Å². The molecule has 0 saturated carbocycles.